The number of pyridine rings is 1. The van der Waals surface area contributed by atoms with Crippen molar-refractivity contribution in [3.8, 4) is 56.7 Å². The van der Waals surface area contributed by atoms with Crippen LogP contribution in [0.25, 0.3) is 138 Å². The van der Waals surface area contributed by atoms with Crippen LogP contribution in [-0.2, 0) is 0 Å². The van der Waals surface area contributed by atoms with E-state index in [1.165, 1.54) is 70.7 Å². The van der Waals surface area contributed by atoms with Crippen molar-refractivity contribution in [2.45, 2.75) is 0 Å². The average Bonchev–Trinajstić information content (AvgIpc) is 4.12. The molecule has 5 aromatic heterocycles. The van der Waals surface area contributed by atoms with Crippen LogP contribution < -0.4 is 0 Å². The second-order valence-electron chi connectivity index (χ2n) is 18.4. The second-order valence-corrected chi connectivity index (χ2v) is 18.4. The molecule has 0 atom stereocenters. The van der Waals surface area contributed by atoms with E-state index in [-0.39, 0.29) is 0 Å². The number of aromatic nitrogens is 6. The smallest absolute Gasteiger partial charge is 0.164 e. The molecule has 0 aliphatic carbocycles. The number of fused-ring (bicyclic) bond motifs is 15. The van der Waals surface area contributed by atoms with Crippen molar-refractivity contribution in [1.82, 2.24) is 28.5 Å². The minimum absolute atomic E-state index is 0.615. The zero-order valence-electron chi connectivity index (χ0n) is 38.3. The van der Waals surface area contributed by atoms with E-state index in [1.807, 2.05) is 36.4 Å². The molecule has 15 rings (SSSR count). The molecule has 0 spiro atoms. The molecule has 0 bridgehead atoms. The van der Waals surface area contributed by atoms with E-state index in [1.54, 1.807) is 0 Å². The van der Waals surface area contributed by atoms with Crippen LogP contribution >= 0.6 is 0 Å². The van der Waals surface area contributed by atoms with Crippen molar-refractivity contribution in [2.24, 2.45) is 0 Å². The normalized spacial score (nSPS) is 11.9. The lowest BCUT2D eigenvalue weighted by molar-refractivity contribution is 1.07. The first-order valence-corrected chi connectivity index (χ1v) is 24.1. The molecule has 0 fully saturated rings. The van der Waals surface area contributed by atoms with Gasteiger partial charge in [-0.3, -0.25) is 0 Å². The summed E-state index contributed by atoms with van der Waals surface area (Å²) in [5.74, 6) is 1.88. The summed E-state index contributed by atoms with van der Waals surface area (Å²) < 4.78 is 7.29. The maximum atomic E-state index is 5.15. The third-order valence-electron chi connectivity index (χ3n) is 14.4. The molecule has 6 heteroatoms. The molecular weight excluding hydrogens is 865 g/mol. The van der Waals surface area contributed by atoms with Crippen molar-refractivity contribution < 1.29 is 0 Å². The van der Waals surface area contributed by atoms with Gasteiger partial charge in [-0.1, -0.05) is 170 Å². The van der Waals surface area contributed by atoms with Crippen LogP contribution in [0, 0.1) is 0 Å². The van der Waals surface area contributed by atoms with Crippen LogP contribution in [-0.4, -0.2) is 28.5 Å². The highest BCUT2D eigenvalue weighted by Gasteiger charge is 2.22. The molecule has 0 aliphatic heterocycles. The van der Waals surface area contributed by atoms with Crippen molar-refractivity contribution >= 4 is 81.7 Å². The SMILES string of the molecule is c1ccc(-c2nc(-c3ccccc3)nc(-c3cccc(-n4c5ccc(-c6ccc7c(c6)c6ccccc6n7-c6ccccc6)cc5c5ccc6c(cc7c8ccccc8c8ccccc8n76)c54)c3)n2)cc1. The molecule has 0 aliphatic rings. The van der Waals surface area contributed by atoms with Gasteiger partial charge < -0.3 is 13.5 Å². The monoisotopic (exact) mass is 904 g/mol. The number of benzene rings is 10. The predicted molar refractivity (Wildman–Crippen MR) is 294 cm³/mol. The van der Waals surface area contributed by atoms with E-state index in [9.17, 15) is 0 Å². The van der Waals surface area contributed by atoms with Gasteiger partial charge in [-0.15, -0.1) is 0 Å². The largest absolute Gasteiger partial charge is 0.309 e. The third kappa shape index (κ3) is 6.05. The van der Waals surface area contributed by atoms with Gasteiger partial charge in [0.15, 0.2) is 17.5 Å². The summed E-state index contributed by atoms with van der Waals surface area (Å²) in [6.07, 6.45) is 0. The van der Waals surface area contributed by atoms with Gasteiger partial charge in [-0.05, 0) is 89.3 Å². The third-order valence-corrected chi connectivity index (χ3v) is 14.4. The fraction of sp³-hybridized carbons (Fsp3) is 0. The van der Waals surface area contributed by atoms with Crippen LogP contribution in [0.3, 0.4) is 0 Å². The van der Waals surface area contributed by atoms with E-state index in [0.29, 0.717) is 17.5 Å². The number of nitrogens with zero attached hydrogens (tertiary/aromatic N) is 6. The zero-order valence-corrected chi connectivity index (χ0v) is 38.3. The molecule has 0 radical (unpaired) electrons. The van der Waals surface area contributed by atoms with Gasteiger partial charge in [-0.2, -0.15) is 0 Å². The Balaban J connectivity index is 0.988. The standard InChI is InChI=1S/C65H40N6/c1-4-17-41(18-5-1)63-66-64(42-19-6-2-7-20-42)68-65(67-63)45-21-16-24-47(37-45)70-59-35-32-44(43-31-34-58-53(38-43)51-28-13-14-29-56(51)69(58)46-22-8-3-9-23-46)39-54(59)52-33-36-60-55(62(52)70)40-61-50-27-11-10-25-48(50)49-26-12-15-30-57(49)71(60)61/h1-40H. The molecule has 5 heterocycles. The first-order chi connectivity index (χ1) is 35.2. The van der Waals surface area contributed by atoms with Crippen molar-refractivity contribution in [2.75, 3.05) is 0 Å². The topological polar surface area (TPSA) is 52.9 Å². The Hall–Kier alpha value is -9.65. The maximum absolute atomic E-state index is 5.15. The molecule has 0 N–H and O–H groups in total. The highest BCUT2D eigenvalue weighted by Crippen LogP contribution is 2.43. The molecule has 0 amide bonds. The predicted octanol–water partition coefficient (Wildman–Crippen LogP) is 16.4. The van der Waals surface area contributed by atoms with E-state index in [0.717, 1.165) is 50.2 Å². The minimum atomic E-state index is 0.615. The highest BCUT2D eigenvalue weighted by atomic mass is 15.0. The van der Waals surface area contributed by atoms with E-state index < -0.39 is 0 Å². The first kappa shape index (κ1) is 39.4. The Morgan fingerprint density at radius 2 is 0.676 bits per heavy atom. The van der Waals surface area contributed by atoms with Gasteiger partial charge in [0.25, 0.3) is 0 Å². The summed E-state index contributed by atoms with van der Waals surface area (Å²) in [6, 6.07) is 87.0. The van der Waals surface area contributed by atoms with E-state index in [4.69, 9.17) is 15.0 Å². The number of para-hydroxylation sites is 3. The van der Waals surface area contributed by atoms with Crippen molar-refractivity contribution in [3.05, 3.63) is 243 Å². The van der Waals surface area contributed by atoms with Crippen LogP contribution in [0.5, 0.6) is 0 Å². The van der Waals surface area contributed by atoms with Crippen LogP contribution in [0.4, 0.5) is 0 Å². The summed E-state index contributed by atoms with van der Waals surface area (Å²) in [5, 5.41) is 9.72. The van der Waals surface area contributed by atoms with Gasteiger partial charge in [0.1, 0.15) is 0 Å². The molecule has 15 aromatic rings. The molecule has 0 saturated carbocycles. The summed E-state index contributed by atoms with van der Waals surface area (Å²) >= 11 is 0. The van der Waals surface area contributed by atoms with Crippen LogP contribution in [0.15, 0.2) is 243 Å². The van der Waals surface area contributed by atoms with Crippen LogP contribution in [0.1, 0.15) is 0 Å². The molecule has 330 valence electrons. The molecule has 10 aromatic carbocycles. The fourth-order valence-electron chi connectivity index (χ4n) is 11.3. The summed E-state index contributed by atoms with van der Waals surface area (Å²) in [6.45, 7) is 0. The fourth-order valence-corrected chi connectivity index (χ4v) is 11.3. The number of rotatable bonds is 6. The van der Waals surface area contributed by atoms with Gasteiger partial charge in [0.05, 0.1) is 38.6 Å². The lowest BCUT2D eigenvalue weighted by atomic mass is 10.0. The minimum Gasteiger partial charge on any atom is -0.309 e. The second kappa shape index (κ2) is 15.4. The summed E-state index contributed by atoms with van der Waals surface area (Å²) in [7, 11) is 0. The van der Waals surface area contributed by atoms with E-state index in [2.05, 4.69) is 220 Å². The van der Waals surface area contributed by atoms with Gasteiger partial charge in [0, 0.05) is 65.8 Å². The molecule has 6 nitrogen and oxygen atoms in total. The number of hydrogen-bond acceptors (Lipinski definition) is 3. The summed E-state index contributed by atoms with van der Waals surface area (Å²) in [4.78, 5) is 15.3. The van der Waals surface area contributed by atoms with Gasteiger partial charge in [-0.25, -0.2) is 15.0 Å². The first-order valence-electron chi connectivity index (χ1n) is 24.1. The average molecular weight is 905 g/mol. The van der Waals surface area contributed by atoms with Crippen molar-refractivity contribution in [3.63, 3.8) is 0 Å². The zero-order chi connectivity index (χ0) is 46.6. The Morgan fingerprint density at radius 3 is 1.34 bits per heavy atom. The summed E-state index contributed by atoms with van der Waals surface area (Å²) in [5.41, 5.74) is 15.5. The Labute approximate surface area is 407 Å². The lowest BCUT2D eigenvalue weighted by Gasteiger charge is -2.12. The Bertz CT molecular complexity index is 4570. The Morgan fingerprint density at radius 1 is 0.225 bits per heavy atom. The Kier molecular flexibility index (Phi) is 8.56. The lowest BCUT2D eigenvalue weighted by Crippen LogP contribution is -2.01. The van der Waals surface area contributed by atoms with E-state index >= 15 is 0 Å². The van der Waals surface area contributed by atoms with Gasteiger partial charge in [0.2, 0.25) is 0 Å². The highest BCUT2D eigenvalue weighted by molar-refractivity contribution is 6.23. The van der Waals surface area contributed by atoms with Gasteiger partial charge >= 0.3 is 0 Å². The van der Waals surface area contributed by atoms with Crippen molar-refractivity contribution in [1.29, 1.82) is 0 Å². The molecule has 0 saturated heterocycles. The van der Waals surface area contributed by atoms with Crippen LogP contribution in [0.2, 0.25) is 0 Å². The number of hydrogen-bond donors (Lipinski definition) is 0. The molecule has 0 unspecified atom stereocenters. The quantitative estimate of drug-likeness (QED) is 0.156. The molecule has 71 heavy (non-hydrogen) atoms. The maximum Gasteiger partial charge on any atom is 0.164 e. The molecular formula is C65H40N6.